The molecule has 2 N–H and O–H groups in total. The Morgan fingerprint density at radius 3 is 2.74 bits per heavy atom. The van der Waals surface area contributed by atoms with Gasteiger partial charge in [0.2, 0.25) is 5.91 Å². The molecule has 1 amide bonds. The fourth-order valence-electron chi connectivity index (χ4n) is 1.49. The summed E-state index contributed by atoms with van der Waals surface area (Å²) in [6, 6.07) is 6.07. The van der Waals surface area contributed by atoms with Gasteiger partial charge in [-0.3, -0.25) is 4.79 Å². The van der Waals surface area contributed by atoms with Crippen molar-refractivity contribution in [1.82, 2.24) is 5.32 Å². The van der Waals surface area contributed by atoms with Crippen LogP contribution in [0, 0.1) is 0 Å². The molecule has 0 fully saturated rings. The standard InChI is InChI=1S/C13H17NO5/c1-9(15)14-12(13(16)17)8-19-11-5-3-4-10(6-11)7-18-2/h3-6,12H,7-8H2,1-2H3,(H,14,15)(H,16,17). The second-order valence-electron chi connectivity index (χ2n) is 3.98. The number of carbonyl (C=O) groups excluding carboxylic acids is 1. The molecule has 0 aromatic heterocycles. The summed E-state index contributed by atoms with van der Waals surface area (Å²) in [7, 11) is 1.59. The van der Waals surface area contributed by atoms with Crippen LogP contribution in [-0.4, -0.2) is 36.7 Å². The average molecular weight is 267 g/mol. The van der Waals surface area contributed by atoms with Crippen molar-refractivity contribution < 1.29 is 24.2 Å². The maximum Gasteiger partial charge on any atom is 0.329 e. The lowest BCUT2D eigenvalue weighted by Gasteiger charge is -2.14. The van der Waals surface area contributed by atoms with Gasteiger partial charge in [0.15, 0.2) is 6.04 Å². The zero-order valence-corrected chi connectivity index (χ0v) is 10.9. The smallest absolute Gasteiger partial charge is 0.329 e. The topological polar surface area (TPSA) is 84.9 Å². The quantitative estimate of drug-likeness (QED) is 0.763. The number of methoxy groups -OCH3 is 1. The zero-order chi connectivity index (χ0) is 14.3. The Hall–Kier alpha value is -2.08. The summed E-state index contributed by atoms with van der Waals surface area (Å²) >= 11 is 0. The molecule has 0 radical (unpaired) electrons. The van der Waals surface area contributed by atoms with Gasteiger partial charge in [-0.15, -0.1) is 0 Å². The fourth-order valence-corrected chi connectivity index (χ4v) is 1.49. The van der Waals surface area contributed by atoms with Crippen LogP contribution < -0.4 is 10.1 Å². The molecular weight excluding hydrogens is 250 g/mol. The van der Waals surface area contributed by atoms with E-state index in [9.17, 15) is 9.59 Å². The van der Waals surface area contributed by atoms with Crippen LogP contribution in [-0.2, 0) is 20.9 Å². The Balaban J connectivity index is 2.60. The van der Waals surface area contributed by atoms with Gasteiger partial charge in [0.25, 0.3) is 0 Å². The van der Waals surface area contributed by atoms with Crippen molar-refractivity contribution in [2.75, 3.05) is 13.7 Å². The van der Waals surface area contributed by atoms with Crippen molar-refractivity contribution in [3.05, 3.63) is 29.8 Å². The summed E-state index contributed by atoms with van der Waals surface area (Å²) in [5.74, 6) is -1.02. The van der Waals surface area contributed by atoms with Gasteiger partial charge in [-0.1, -0.05) is 12.1 Å². The Kier molecular flexibility index (Phi) is 5.81. The number of hydrogen-bond acceptors (Lipinski definition) is 4. The van der Waals surface area contributed by atoms with Crippen molar-refractivity contribution in [3.8, 4) is 5.75 Å². The van der Waals surface area contributed by atoms with Crippen LogP contribution in [0.4, 0.5) is 0 Å². The number of aliphatic carboxylic acids is 1. The van der Waals surface area contributed by atoms with Crippen LogP contribution in [0.1, 0.15) is 12.5 Å². The summed E-state index contributed by atoms with van der Waals surface area (Å²) in [5.41, 5.74) is 0.923. The number of benzene rings is 1. The molecule has 1 rings (SSSR count). The maximum atomic E-state index is 10.9. The van der Waals surface area contributed by atoms with Crippen molar-refractivity contribution in [3.63, 3.8) is 0 Å². The molecule has 0 heterocycles. The monoisotopic (exact) mass is 267 g/mol. The first-order valence-corrected chi connectivity index (χ1v) is 5.73. The molecule has 1 aromatic carbocycles. The number of rotatable bonds is 7. The fraction of sp³-hybridized carbons (Fsp3) is 0.385. The van der Waals surface area contributed by atoms with Crippen molar-refractivity contribution in [1.29, 1.82) is 0 Å². The second-order valence-corrected chi connectivity index (χ2v) is 3.98. The molecular formula is C13H17NO5. The molecule has 1 atom stereocenters. The number of carboxylic acid groups (broad SMARTS) is 1. The highest BCUT2D eigenvalue weighted by Gasteiger charge is 2.19. The van der Waals surface area contributed by atoms with Gasteiger partial charge in [-0.2, -0.15) is 0 Å². The minimum absolute atomic E-state index is 0.134. The molecule has 19 heavy (non-hydrogen) atoms. The molecule has 0 saturated heterocycles. The Bertz CT molecular complexity index is 446. The van der Waals surface area contributed by atoms with Crippen LogP contribution in [0.25, 0.3) is 0 Å². The van der Waals surface area contributed by atoms with Crippen LogP contribution in [0.15, 0.2) is 24.3 Å². The molecule has 0 saturated carbocycles. The van der Waals surface area contributed by atoms with E-state index in [0.29, 0.717) is 12.4 Å². The molecule has 6 heteroatoms. The zero-order valence-electron chi connectivity index (χ0n) is 10.9. The molecule has 0 aliphatic rings. The van der Waals surface area contributed by atoms with Crippen molar-refractivity contribution >= 4 is 11.9 Å². The molecule has 0 bridgehead atoms. The van der Waals surface area contributed by atoms with Gasteiger partial charge < -0.3 is 19.9 Å². The molecule has 0 spiro atoms. The minimum Gasteiger partial charge on any atom is -0.491 e. The van der Waals surface area contributed by atoms with Crippen LogP contribution in [0.2, 0.25) is 0 Å². The summed E-state index contributed by atoms with van der Waals surface area (Å²) in [5, 5.41) is 11.2. The predicted molar refractivity (Wildman–Crippen MR) is 67.9 cm³/mol. The van der Waals surface area contributed by atoms with Crippen LogP contribution >= 0.6 is 0 Å². The highest BCUT2D eigenvalue weighted by molar-refractivity contribution is 5.82. The second kappa shape index (κ2) is 7.38. The number of carboxylic acids is 1. The van der Waals surface area contributed by atoms with E-state index in [0.717, 1.165) is 5.56 Å². The summed E-state index contributed by atoms with van der Waals surface area (Å²) in [4.78, 5) is 21.8. The molecule has 0 aliphatic heterocycles. The van der Waals surface area contributed by atoms with E-state index in [1.165, 1.54) is 6.92 Å². The molecule has 1 unspecified atom stereocenters. The van der Waals surface area contributed by atoms with E-state index in [4.69, 9.17) is 14.6 Å². The van der Waals surface area contributed by atoms with Gasteiger partial charge in [-0.25, -0.2) is 4.79 Å². The third-order valence-corrected chi connectivity index (χ3v) is 2.30. The first-order chi connectivity index (χ1) is 9.02. The van der Waals surface area contributed by atoms with E-state index < -0.39 is 17.9 Å². The highest BCUT2D eigenvalue weighted by atomic mass is 16.5. The van der Waals surface area contributed by atoms with Crippen LogP contribution in [0.5, 0.6) is 5.75 Å². The number of amides is 1. The Labute approximate surface area is 111 Å². The van der Waals surface area contributed by atoms with E-state index in [-0.39, 0.29) is 6.61 Å². The Morgan fingerprint density at radius 2 is 2.16 bits per heavy atom. The number of carbonyl (C=O) groups is 2. The maximum absolute atomic E-state index is 10.9. The van der Waals surface area contributed by atoms with E-state index in [1.807, 2.05) is 6.07 Å². The van der Waals surface area contributed by atoms with Crippen molar-refractivity contribution in [2.45, 2.75) is 19.6 Å². The van der Waals surface area contributed by atoms with Gasteiger partial charge in [0.05, 0.1) is 6.61 Å². The molecule has 104 valence electrons. The number of hydrogen-bond donors (Lipinski definition) is 2. The van der Waals surface area contributed by atoms with E-state index in [2.05, 4.69) is 5.32 Å². The highest BCUT2D eigenvalue weighted by Crippen LogP contribution is 2.14. The van der Waals surface area contributed by atoms with Gasteiger partial charge in [-0.05, 0) is 17.7 Å². The Morgan fingerprint density at radius 1 is 1.42 bits per heavy atom. The third kappa shape index (κ3) is 5.39. The van der Waals surface area contributed by atoms with Crippen LogP contribution in [0.3, 0.4) is 0 Å². The normalized spacial score (nSPS) is 11.7. The number of nitrogens with one attached hydrogen (secondary N) is 1. The number of ether oxygens (including phenoxy) is 2. The lowest BCUT2D eigenvalue weighted by atomic mass is 10.2. The minimum atomic E-state index is -1.14. The molecule has 0 aliphatic carbocycles. The lowest BCUT2D eigenvalue weighted by molar-refractivity contribution is -0.142. The van der Waals surface area contributed by atoms with Gasteiger partial charge in [0.1, 0.15) is 12.4 Å². The average Bonchev–Trinajstić information content (AvgIpc) is 2.34. The molecule has 1 aromatic rings. The SMILES string of the molecule is COCc1cccc(OCC(NC(C)=O)C(=O)O)c1. The van der Waals surface area contributed by atoms with Gasteiger partial charge in [0, 0.05) is 14.0 Å². The van der Waals surface area contributed by atoms with Gasteiger partial charge >= 0.3 is 5.97 Å². The predicted octanol–water partition coefficient (Wildman–Crippen LogP) is 0.801. The lowest BCUT2D eigenvalue weighted by Crippen LogP contribution is -2.43. The summed E-state index contributed by atoms with van der Waals surface area (Å²) in [6.45, 7) is 1.58. The van der Waals surface area contributed by atoms with Crippen molar-refractivity contribution in [2.24, 2.45) is 0 Å². The summed E-state index contributed by atoms with van der Waals surface area (Å²) < 4.78 is 10.4. The van der Waals surface area contributed by atoms with E-state index in [1.54, 1.807) is 25.3 Å². The molecule has 6 nitrogen and oxygen atoms in total. The first kappa shape index (κ1) is 15.0. The largest absolute Gasteiger partial charge is 0.491 e. The third-order valence-electron chi connectivity index (χ3n) is 2.30. The summed E-state index contributed by atoms with van der Waals surface area (Å²) in [6.07, 6.45) is 0. The first-order valence-electron chi connectivity index (χ1n) is 5.73. The van der Waals surface area contributed by atoms with E-state index >= 15 is 0 Å².